The van der Waals surface area contributed by atoms with Crippen molar-refractivity contribution in [3.05, 3.63) is 65.2 Å². The zero-order valence-electron chi connectivity index (χ0n) is 10.7. The fourth-order valence-corrected chi connectivity index (χ4v) is 1.65. The minimum Gasteiger partial charge on any atom is -0.489 e. The van der Waals surface area contributed by atoms with E-state index in [4.69, 9.17) is 10.5 Å². The summed E-state index contributed by atoms with van der Waals surface area (Å²) in [6.07, 6.45) is 0. The third-order valence-corrected chi connectivity index (χ3v) is 2.52. The maximum absolute atomic E-state index is 13.0. The maximum atomic E-state index is 13.0. The van der Waals surface area contributed by atoms with Crippen LogP contribution in [0, 0.1) is 23.5 Å². The summed E-state index contributed by atoms with van der Waals surface area (Å²) >= 11 is 0. The van der Waals surface area contributed by atoms with Gasteiger partial charge in [0.2, 0.25) is 0 Å². The molecule has 2 aromatic carbocycles. The Labute approximate surface area is 116 Å². The molecule has 2 N–H and O–H groups in total. The van der Waals surface area contributed by atoms with Crippen LogP contribution in [0.15, 0.2) is 42.5 Å². The Hall–Kier alpha value is -2.38. The number of benzene rings is 2. The van der Waals surface area contributed by atoms with Gasteiger partial charge >= 0.3 is 0 Å². The SMILES string of the molecule is NCC#Cc1ccc(OCc2cc(F)cc(F)c2)cc1. The van der Waals surface area contributed by atoms with Crippen LogP contribution in [0.4, 0.5) is 8.78 Å². The first kappa shape index (κ1) is 14.0. The van der Waals surface area contributed by atoms with Crippen LogP contribution in [0.3, 0.4) is 0 Å². The highest BCUT2D eigenvalue weighted by molar-refractivity contribution is 5.38. The Morgan fingerprint density at radius 1 is 1.00 bits per heavy atom. The van der Waals surface area contributed by atoms with E-state index in [9.17, 15) is 8.78 Å². The first-order chi connectivity index (χ1) is 9.67. The van der Waals surface area contributed by atoms with Crippen LogP contribution >= 0.6 is 0 Å². The Morgan fingerprint density at radius 2 is 1.65 bits per heavy atom. The average molecular weight is 273 g/mol. The van der Waals surface area contributed by atoms with E-state index in [0.29, 0.717) is 17.9 Å². The molecular weight excluding hydrogens is 260 g/mol. The molecule has 0 amide bonds. The predicted octanol–water partition coefficient (Wildman–Crippen LogP) is 2.85. The first-order valence-corrected chi connectivity index (χ1v) is 6.04. The summed E-state index contributed by atoms with van der Waals surface area (Å²) in [5.74, 6) is 5.01. The molecule has 0 radical (unpaired) electrons. The standard InChI is InChI=1S/C16H13F2NO/c17-14-8-13(9-15(18)10-14)11-20-16-5-3-12(4-6-16)2-1-7-19/h3-6,8-10H,7,11,19H2. The summed E-state index contributed by atoms with van der Waals surface area (Å²) in [6, 6.07) is 10.4. The Kier molecular flexibility index (Phi) is 4.70. The van der Waals surface area contributed by atoms with Crippen molar-refractivity contribution in [1.29, 1.82) is 0 Å². The summed E-state index contributed by atoms with van der Waals surface area (Å²) in [7, 11) is 0. The van der Waals surface area contributed by atoms with Crippen LogP contribution in [0.2, 0.25) is 0 Å². The third kappa shape index (κ3) is 4.08. The summed E-state index contributed by atoms with van der Waals surface area (Å²) in [6.45, 7) is 0.409. The van der Waals surface area contributed by atoms with Crippen molar-refractivity contribution >= 4 is 0 Å². The van der Waals surface area contributed by atoms with Gasteiger partial charge in [-0.2, -0.15) is 0 Å². The second-order valence-corrected chi connectivity index (χ2v) is 4.10. The number of rotatable bonds is 3. The monoisotopic (exact) mass is 273 g/mol. The second-order valence-electron chi connectivity index (χ2n) is 4.10. The van der Waals surface area contributed by atoms with Gasteiger partial charge in [0.15, 0.2) is 0 Å². The van der Waals surface area contributed by atoms with E-state index in [1.54, 1.807) is 24.3 Å². The molecule has 2 aromatic rings. The van der Waals surface area contributed by atoms with Crippen LogP contribution in [-0.2, 0) is 6.61 Å². The van der Waals surface area contributed by atoms with Crippen molar-refractivity contribution < 1.29 is 13.5 Å². The highest BCUT2D eigenvalue weighted by atomic mass is 19.1. The highest BCUT2D eigenvalue weighted by Gasteiger charge is 2.01. The number of hydrogen-bond acceptors (Lipinski definition) is 2. The summed E-state index contributed by atoms with van der Waals surface area (Å²) in [5.41, 5.74) is 6.56. The zero-order chi connectivity index (χ0) is 14.4. The Balaban J connectivity index is 2.00. The molecule has 0 aliphatic rings. The zero-order valence-corrected chi connectivity index (χ0v) is 10.7. The summed E-state index contributed by atoms with van der Waals surface area (Å²) in [4.78, 5) is 0. The second kappa shape index (κ2) is 6.69. The van der Waals surface area contributed by atoms with Crippen molar-refractivity contribution in [2.24, 2.45) is 5.73 Å². The molecule has 0 spiro atoms. The highest BCUT2D eigenvalue weighted by Crippen LogP contribution is 2.15. The molecule has 0 heterocycles. The van der Waals surface area contributed by atoms with Gasteiger partial charge in [-0.3, -0.25) is 0 Å². The molecule has 0 aliphatic carbocycles. The van der Waals surface area contributed by atoms with Gasteiger partial charge in [0.25, 0.3) is 0 Å². The quantitative estimate of drug-likeness (QED) is 0.873. The topological polar surface area (TPSA) is 35.2 Å². The van der Waals surface area contributed by atoms with Crippen LogP contribution in [0.1, 0.15) is 11.1 Å². The van der Waals surface area contributed by atoms with Crippen LogP contribution in [-0.4, -0.2) is 6.54 Å². The fraction of sp³-hybridized carbons (Fsp3) is 0.125. The molecule has 0 aliphatic heterocycles. The van der Waals surface area contributed by atoms with E-state index in [1.165, 1.54) is 12.1 Å². The molecule has 0 unspecified atom stereocenters. The van der Waals surface area contributed by atoms with Crippen LogP contribution in [0.5, 0.6) is 5.75 Å². The lowest BCUT2D eigenvalue weighted by Crippen LogP contribution is -1.97. The van der Waals surface area contributed by atoms with E-state index < -0.39 is 11.6 Å². The van der Waals surface area contributed by atoms with Gasteiger partial charge in [-0.1, -0.05) is 11.8 Å². The number of hydrogen-bond donors (Lipinski definition) is 1. The minimum atomic E-state index is -0.615. The molecular formula is C16H13F2NO. The first-order valence-electron chi connectivity index (χ1n) is 6.04. The van der Waals surface area contributed by atoms with Crippen LogP contribution in [0.25, 0.3) is 0 Å². The normalized spacial score (nSPS) is 9.75. The Morgan fingerprint density at radius 3 is 2.25 bits per heavy atom. The number of ether oxygens (including phenoxy) is 1. The van der Waals surface area contributed by atoms with E-state index in [0.717, 1.165) is 11.6 Å². The van der Waals surface area contributed by atoms with Gasteiger partial charge in [-0.05, 0) is 42.0 Å². The molecule has 20 heavy (non-hydrogen) atoms. The van der Waals surface area contributed by atoms with E-state index in [-0.39, 0.29) is 6.61 Å². The Bertz CT molecular complexity index is 622. The summed E-state index contributed by atoms with van der Waals surface area (Å²) < 4.78 is 31.5. The summed E-state index contributed by atoms with van der Waals surface area (Å²) in [5, 5.41) is 0. The number of nitrogens with two attached hydrogens (primary N) is 1. The number of halogens is 2. The molecule has 0 saturated carbocycles. The van der Waals surface area contributed by atoms with Gasteiger partial charge in [-0.15, -0.1) is 0 Å². The maximum Gasteiger partial charge on any atom is 0.126 e. The molecule has 102 valence electrons. The smallest absolute Gasteiger partial charge is 0.126 e. The van der Waals surface area contributed by atoms with E-state index in [1.807, 2.05) is 0 Å². The van der Waals surface area contributed by atoms with Crippen molar-refractivity contribution in [2.75, 3.05) is 6.54 Å². The van der Waals surface area contributed by atoms with Crippen molar-refractivity contribution in [3.8, 4) is 17.6 Å². The average Bonchev–Trinajstić information content (AvgIpc) is 2.43. The lowest BCUT2D eigenvalue weighted by Gasteiger charge is -2.06. The predicted molar refractivity (Wildman–Crippen MR) is 73.1 cm³/mol. The van der Waals surface area contributed by atoms with Crippen LogP contribution < -0.4 is 10.5 Å². The van der Waals surface area contributed by atoms with Crippen molar-refractivity contribution in [1.82, 2.24) is 0 Å². The molecule has 2 rings (SSSR count). The molecule has 4 heteroatoms. The van der Waals surface area contributed by atoms with E-state index >= 15 is 0 Å². The van der Waals surface area contributed by atoms with E-state index in [2.05, 4.69) is 11.8 Å². The van der Waals surface area contributed by atoms with Gasteiger partial charge < -0.3 is 10.5 Å². The largest absolute Gasteiger partial charge is 0.489 e. The third-order valence-electron chi connectivity index (χ3n) is 2.52. The molecule has 0 saturated heterocycles. The van der Waals surface area contributed by atoms with Gasteiger partial charge in [0.1, 0.15) is 24.0 Å². The van der Waals surface area contributed by atoms with Gasteiger partial charge in [0.05, 0.1) is 6.54 Å². The molecule has 0 atom stereocenters. The molecule has 0 bridgehead atoms. The van der Waals surface area contributed by atoms with Crippen molar-refractivity contribution in [2.45, 2.75) is 6.61 Å². The fourth-order valence-electron chi connectivity index (χ4n) is 1.65. The minimum absolute atomic E-state index is 0.0997. The lowest BCUT2D eigenvalue weighted by molar-refractivity contribution is 0.305. The molecule has 0 aromatic heterocycles. The van der Waals surface area contributed by atoms with Gasteiger partial charge in [-0.25, -0.2) is 8.78 Å². The van der Waals surface area contributed by atoms with Gasteiger partial charge in [0, 0.05) is 11.6 Å². The molecule has 0 fully saturated rings. The lowest BCUT2D eigenvalue weighted by atomic mass is 10.2. The molecule has 2 nitrogen and oxygen atoms in total. The van der Waals surface area contributed by atoms with Crippen molar-refractivity contribution in [3.63, 3.8) is 0 Å².